The first kappa shape index (κ1) is 14.1. The van der Waals surface area contributed by atoms with Gasteiger partial charge < -0.3 is 24.6 Å². The van der Waals surface area contributed by atoms with Crippen LogP contribution in [0.1, 0.15) is 18.4 Å². The molecule has 0 bridgehead atoms. The van der Waals surface area contributed by atoms with Crippen LogP contribution in [0.5, 0.6) is 11.5 Å². The van der Waals surface area contributed by atoms with Crippen molar-refractivity contribution in [1.29, 1.82) is 0 Å². The van der Waals surface area contributed by atoms with Crippen molar-refractivity contribution in [3.05, 3.63) is 23.8 Å². The zero-order chi connectivity index (χ0) is 14.9. The summed E-state index contributed by atoms with van der Waals surface area (Å²) in [6, 6.07) is 6.92. The van der Waals surface area contributed by atoms with Crippen molar-refractivity contribution in [2.75, 3.05) is 33.0 Å². The molecule has 1 aromatic carbocycles. The molecule has 0 spiro atoms. The fraction of sp³-hybridized carbons (Fsp3) is 0.562. The van der Waals surface area contributed by atoms with E-state index in [1.54, 1.807) is 4.90 Å². The van der Waals surface area contributed by atoms with Crippen molar-refractivity contribution >= 4 is 17.3 Å². The van der Waals surface area contributed by atoms with Crippen molar-refractivity contribution < 1.29 is 14.4 Å². The van der Waals surface area contributed by atoms with Crippen LogP contribution in [0, 0.1) is 0 Å². The molecule has 5 nitrogen and oxygen atoms in total. The highest BCUT2D eigenvalue weighted by atomic mass is 32.1. The number of piperazine rings is 1. The van der Waals surface area contributed by atoms with E-state index in [9.17, 15) is 0 Å². The van der Waals surface area contributed by atoms with Gasteiger partial charge in [-0.25, -0.2) is 0 Å². The monoisotopic (exact) mass is 320 g/mol. The number of hydrogen-bond donors (Lipinski definition) is 2. The molecular formula is C16H22N3O2S+. The Balaban J connectivity index is 1.29. The molecule has 2 heterocycles. The lowest BCUT2D eigenvalue weighted by Gasteiger charge is -2.34. The van der Waals surface area contributed by atoms with Gasteiger partial charge in [-0.05, 0) is 43.3 Å². The number of benzene rings is 1. The van der Waals surface area contributed by atoms with Crippen molar-refractivity contribution in [2.45, 2.75) is 25.4 Å². The zero-order valence-electron chi connectivity index (χ0n) is 12.6. The fourth-order valence-electron chi connectivity index (χ4n) is 3.04. The fourth-order valence-corrected chi connectivity index (χ4v) is 3.39. The predicted molar refractivity (Wildman–Crippen MR) is 87.3 cm³/mol. The van der Waals surface area contributed by atoms with Crippen molar-refractivity contribution in [3.63, 3.8) is 0 Å². The minimum absolute atomic E-state index is 0.343. The molecular weight excluding hydrogens is 298 g/mol. The van der Waals surface area contributed by atoms with E-state index in [0.29, 0.717) is 12.8 Å². The van der Waals surface area contributed by atoms with E-state index in [4.69, 9.17) is 21.7 Å². The maximum absolute atomic E-state index is 5.49. The molecule has 6 heteroatoms. The normalized spacial score (nSPS) is 21.0. The van der Waals surface area contributed by atoms with E-state index in [1.807, 2.05) is 6.07 Å². The first-order valence-corrected chi connectivity index (χ1v) is 8.46. The predicted octanol–water partition coefficient (Wildman–Crippen LogP) is 0.153. The van der Waals surface area contributed by atoms with Gasteiger partial charge >= 0.3 is 0 Å². The third-order valence-corrected chi connectivity index (χ3v) is 4.93. The van der Waals surface area contributed by atoms with Gasteiger partial charge in [0, 0.05) is 11.6 Å². The van der Waals surface area contributed by atoms with E-state index >= 15 is 0 Å². The van der Waals surface area contributed by atoms with Crippen molar-refractivity contribution in [2.24, 2.45) is 0 Å². The van der Waals surface area contributed by atoms with E-state index in [-0.39, 0.29) is 0 Å². The van der Waals surface area contributed by atoms with Gasteiger partial charge in [-0.2, -0.15) is 0 Å². The number of fused-ring (bicyclic) bond motifs is 1. The second kappa shape index (κ2) is 5.93. The van der Waals surface area contributed by atoms with Gasteiger partial charge in [0.05, 0.1) is 26.2 Å². The van der Waals surface area contributed by atoms with E-state index in [0.717, 1.165) is 49.3 Å². The van der Waals surface area contributed by atoms with Crippen LogP contribution in [-0.2, 0) is 6.54 Å². The quantitative estimate of drug-likeness (QED) is 0.776. The summed E-state index contributed by atoms with van der Waals surface area (Å²) in [5.41, 5.74) is 1.31. The third kappa shape index (κ3) is 3.13. The number of nitrogens with zero attached hydrogens (tertiary/aromatic N) is 1. The summed E-state index contributed by atoms with van der Waals surface area (Å²) in [6.07, 6.45) is 2.55. The van der Waals surface area contributed by atoms with E-state index in [1.165, 1.54) is 18.4 Å². The number of quaternary nitrogens is 1. The van der Waals surface area contributed by atoms with Crippen molar-refractivity contribution in [1.82, 2.24) is 10.2 Å². The lowest BCUT2D eigenvalue weighted by molar-refractivity contribution is -0.917. The largest absolute Gasteiger partial charge is 0.454 e. The maximum atomic E-state index is 5.49. The molecule has 3 aliphatic rings. The Morgan fingerprint density at radius 2 is 2.00 bits per heavy atom. The topological polar surface area (TPSA) is 38.2 Å². The zero-order valence-corrected chi connectivity index (χ0v) is 13.5. The maximum Gasteiger partial charge on any atom is 0.231 e. The number of rotatable bonds is 3. The Kier molecular flexibility index (Phi) is 3.80. The molecule has 2 aliphatic heterocycles. The summed E-state index contributed by atoms with van der Waals surface area (Å²) in [5.74, 6) is 1.74. The third-order valence-electron chi connectivity index (χ3n) is 4.55. The van der Waals surface area contributed by atoms with Gasteiger partial charge in [0.1, 0.15) is 6.54 Å². The highest BCUT2D eigenvalue weighted by Crippen LogP contribution is 2.32. The van der Waals surface area contributed by atoms with Crippen LogP contribution in [0.4, 0.5) is 0 Å². The van der Waals surface area contributed by atoms with E-state index < -0.39 is 0 Å². The second-order valence-electron chi connectivity index (χ2n) is 6.33. The number of nitrogens with one attached hydrogen (secondary N) is 2. The Bertz CT molecular complexity index is 569. The SMILES string of the molecule is S=C(NC1CC1)N1CC[NH+](Cc2ccc3c(c2)OCO3)CC1. The molecule has 1 saturated carbocycles. The molecule has 0 unspecified atom stereocenters. The first-order valence-electron chi connectivity index (χ1n) is 8.05. The molecule has 1 saturated heterocycles. The molecule has 22 heavy (non-hydrogen) atoms. The smallest absolute Gasteiger partial charge is 0.231 e. The highest BCUT2D eigenvalue weighted by molar-refractivity contribution is 7.80. The Labute approximate surface area is 136 Å². The van der Waals surface area contributed by atoms with Gasteiger partial charge in [-0.3, -0.25) is 0 Å². The summed E-state index contributed by atoms with van der Waals surface area (Å²) in [5, 5.41) is 4.38. The molecule has 2 N–H and O–H groups in total. The van der Waals surface area contributed by atoms with Crippen LogP contribution in [0.2, 0.25) is 0 Å². The molecule has 1 aliphatic carbocycles. The van der Waals surface area contributed by atoms with Crippen LogP contribution in [-0.4, -0.2) is 49.0 Å². The van der Waals surface area contributed by atoms with Gasteiger partial charge in [0.15, 0.2) is 16.6 Å². The van der Waals surface area contributed by atoms with E-state index in [2.05, 4.69) is 22.3 Å². The molecule has 0 amide bonds. The Hall–Kier alpha value is -1.53. The van der Waals surface area contributed by atoms with Crippen LogP contribution < -0.4 is 19.7 Å². The van der Waals surface area contributed by atoms with Crippen LogP contribution >= 0.6 is 12.2 Å². The number of thiocarbonyl (C=S) groups is 1. The average Bonchev–Trinajstić information content (AvgIpc) is 3.22. The first-order chi connectivity index (χ1) is 10.8. The Morgan fingerprint density at radius 3 is 2.77 bits per heavy atom. The minimum Gasteiger partial charge on any atom is -0.454 e. The summed E-state index contributed by atoms with van der Waals surface area (Å²) >= 11 is 5.49. The van der Waals surface area contributed by atoms with Gasteiger partial charge in [-0.1, -0.05) is 0 Å². The van der Waals surface area contributed by atoms with Crippen molar-refractivity contribution in [3.8, 4) is 11.5 Å². The molecule has 0 radical (unpaired) electrons. The summed E-state index contributed by atoms with van der Waals surface area (Å²) < 4.78 is 10.8. The second-order valence-corrected chi connectivity index (χ2v) is 6.71. The molecule has 2 fully saturated rings. The van der Waals surface area contributed by atoms with Crippen LogP contribution in [0.15, 0.2) is 18.2 Å². The molecule has 118 valence electrons. The molecule has 0 atom stereocenters. The van der Waals surface area contributed by atoms with Crippen LogP contribution in [0.25, 0.3) is 0 Å². The van der Waals surface area contributed by atoms with Gasteiger partial charge in [0.2, 0.25) is 6.79 Å². The minimum atomic E-state index is 0.343. The lowest BCUT2D eigenvalue weighted by Crippen LogP contribution is -3.13. The summed E-state index contributed by atoms with van der Waals surface area (Å²) in [4.78, 5) is 3.92. The molecule has 4 rings (SSSR count). The lowest BCUT2D eigenvalue weighted by atomic mass is 10.1. The summed E-state index contributed by atoms with van der Waals surface area (Å²) in [6.45, 7) is 5.71. The Morgan fingerprint density at radius 1 is 1.23 bits per heavy atom. The average molecular weight is 320 g/mol. The highest BCUT2D eigenvalue weighted by Gasteiger charge is 2.27. The molecule has 1 aromatic rings. The van der Waals surface area contributed by atoms with Gasteiger partial charge in [-0.15, -0.1) is 0 Å². The number of hydrogen-bond acceptors (Lipinski definition) is 3. The van der Waals surface area contributed by atoms with Crippen LogP contribution in [0.3, 0.4) is 0 Å². The molecule has 0 aromatic heterocycles. The standard InChI is InChI=1S/C16H21N3O2S/c22-16(17-13-2-3-13)19-7-5-18(6-8-19)10-12-1-4-14-15(9-12)21-11-20-14/h1,4,9,13H,2-3,5-8,10-11H2,(H,17,22)/p+1. The number of ether oxygens (including phenoxy) is 2. The summed E-state index contributed by atoms with van der Waals surface area (Å²) in [7, 11) is 0. The van der Waals surface area contributed by atoms with Gasteiger partial charge in [0.25, 0.3) is 0 Å².